The molecule has 0 heterocycles. The van der Waals surface area contributed by atoms with Gasteiger partial charge in [-0.3, -0.25) is 4.79 Å². The molecule has 3 heteroatoms. The summed E-state index contributed by atoms with van der Waals surface area (Å²) in [5.74, 6) is -0.240. The van der Waals surface area contributed by atoms with Crippen LogP contribution in [0.25, 0.3) is 0 Å². The number of rotatable bonds is 3. The van der Waals surface area contributed by atoms with Crippen molar-refractivity contribution in [1.29, 1.82) is 0 Å². The van der Waals surface area contributed by atoms with Gasteiger partial charge in [0, 0.05) is 10.9 Å². The maximum Gasteiger partial charge on any atom is 0.188 e. The molecule has 1 aromatic rings. The molecule has 0 bridgehead atoms. The number of Topliss-reactive ketones (excluding diaryl/α,β-unsaturated/α-hetero) is 1. The fraction of sp³-hybridized carbons (Fsp3) is 0.222. The zero-order chi connectivity index (χ0) is 8.97. The van der Waals surface area contributed by atoms with E-state index in [4.69, 9.17) is 5.11 Å². The smallest absolute Gasteiger partial charge is 0.188 e. The molecule has 64 valence electrons. The van der Waals surface area contributed by atoms with E-state index in [0.29, 0.717) is 5.56 Å². The van der Waals surface area contributed by atoms with Crippen molar-refractivity contribution in [2.24, 2.45) is 0 Å². The second-order valence-corrected chi connectivity index (χ2v) is 2.97. The quantitative estimate of drug-likeness (QED) is 0.633. The summed E-state index contributed by atoms with van der Waals surface area (Å²) in [7, 11) is 0. The Kier molecular flexibility index (Phi) is 3.44. The molecule has 0 radical (unpaired) electrons. The molecular formula is C9H9BrO2. The molecular weight excluding hydrogens is 220 g/mol. The maximum absolute atomic E-state index is 11.0. The average molecular weight is 229 g/mol. The number of carbonyl (C=O) groups excluding carboxylic acids is 1. The Balaban J connectivity index is 2.84. The number of aliphatic hydroxyl groups is 1. The third kappa shape index (κ3) is 2.16. The second kappa shape index (κ2) is 4.38. The standard InChI is InChI=1S/C9H9BrO2/c10-5-7-1-3-8(4-2-7)9(12)6-11/h1-4,11H,5-6H2. The van der Waals surface area contributed by atoms with Crippen LogP contribution >= 0.6 is 15.9 Å². The Bertz CT molecular complexity index is 266. The van der Waals surface area contributed by atoms with Gasteiger partial charge in [-0.2, -0.15) is 0 Å². The highest BCUT2D eigenvalue weighted by atomic mass is 79.9. The summed E-state index contributed by atoms with van der Waals surface area (Å²) in [5.41, 5.74) is 1.67. The first-order chi connectivity index (χ1) is 5.77. The molecule has 0 aromatic heterocycles. The van der Waals surface area contributed by atoms with Crippen molar-refractivity contribution >= 4 is 21.7 Å². The van der Waals surface area contributed by atoms with E-state index < -0.39 is 6.61 Å². The third-order valence-electron chi connectivity index (χ3n) is 1.57. The minimum Gasteiger partial charge on any atom is -0.388 e. The summed E-state index contributed by atoms with van der Waals surface area (Å²) < 4.78 is 0. The fourth-order valence-electron chi connectivity index (χ4n) is 0.871. The average Bonchev–Trinajstić information content (AvgIpc) is 2.17. The molecule has 12 heavy (non-hydrogen) atoms. The summed E-state index contributed by atoms with van der Waals surface area (Å²) in [6.45, 7) is -0.423. The lowest BCUT2D eigenvalue weighted by Gasteiger charge is -1.98. The van der Waals surface area contributed by atoms with Gasteiger partial charge in [-0.1, -0.05) is 40.2 Å². The SMILES string of the molecule is O=C(CO)c1ccc(CBr)cc1. The first-order valence-corrected chi connectivity index (χ1v) is 4.69. The molecule has 1 rings (SSSR count). The highest BCUT2D eigenvalue weighted by Gasteiger charge is 2.02. The molecule has 1 N–H and O–H groups in total. The summed E-state index contributed by atoms with van der Waals surface area (Å²) in [6.07, 6.45) is 0. The van der Waals surface area contributed by atoms with Crippen LogP contribution in [0.4, 0.5) is 0 Å². The first kappa shape index (κ1) is 9.42. The molecule has 1 aromatic carbocycles. The van der Waals surface area contributed by atoms with Crippen molar-refractivity contribution < 1.29 is 9.90 Å². The number of aliphatic hydroxyl groups excluding tert-OH is 1. The molecule has 0 aliphatic carbocycles. The van der Waals surface area contributed by atoms with Crippen molar-refractivity contribution in [2.45, 2.75) is 5.33 Å². The van der Waals surface area contributed by atoms with E-state index in [1.807, 2.05) is 12.1 Å². The van der Waals surface area contributed by atoms with Crippen LogP contribution in [0, 0.1) is 0 Å². The lowest BCUT2D eigenvalue weighted by Crippen LogP contribution is -2.03. The van der Waals surface area contributed by atoms with E-state index >= 15 is 0 Å². The van der Waals surface area contributed by atoms with Crippen LogP contribution in [0.2, 0.25) is 0 Å². The number of hydrogen-bond donors (Lipinski definition) is 1. The van der Waals surface area contributed by atoms with Gasteiger partial charge in [-0.25, -0.2) is 0 Å². The monoisotopic (exact) mass is 228 g/mol. The van der Waals surface area contributed by atoms with E-state index in [-0.39, 0.29) is 5.78 Å². The zero-order valence-electron chi connectivity index (χ0n) is 6.46. The molecule has 0 aliphatic heterocycles. The number of halogens is 1. The number of alkyl halides is 1. The predicted octanol–water partition coefficient (Wildman–Crippen LogP) is 1.76. The van der Waals surface area contributed by atoms with Crippen molar-refractivity contribution in [3.63, 3.8) is 0 Å². The van der Waals surface area contributed by atoms with E-state index in [1.165, 1.54) is 0 Å². The molecule has 0 fully saturated rings. The Labute approximate surface area is 79.3 Å². The molecule has 0 atom stereocenters. The summed E-state index contributed by atoms with van der Waals surface area (Å²) in [4.78, 5) is 11.0. The molecule has 0 spiro atoms. The maximum atomic E-state index is 11.0. The Morgan fingerprint density at radius 1 is 1.33 bits per heavy atom. The summed E-state index contributed by atoms with van der Waals surface area (Å²) >= 11 is 3.30. The fourth-order valence-corrected chi connectivity index (χ4v) is 1.24. The van der Waals surface area contributed by atoms with Gasteiger partial charge in [0.1, 0.15) is 6.61 Å². The minimum absolute atomic E-state index is 0.240. The Morgan fingerprint density at radius 3 is 2.33 bits per heavy atom. The first-order valence-electron chi connectivity index (χ1n) is 3.57. The van der Waals surface area contributed by atoms with E-state index in [2.05, 4.69) is 15.9 Å². The molecule has 2 nitrogen and oxygen atoms in total. The van der Waals surface area contributed by atoms with Crippen LogP contribution in [-0.4, -0.2) is 17.5 Å². The largest absolute Gasteiger partial charge is 0.388 e. The van der Waals surface area contributed by atoms with Crippen molar-refractivity contribution in [3.05, 3.63) is 35.4 Å². The lowest BCUT2D eigenvalue weighted by molar-refractivity contribution is 0.0904. The van der Waals surface area contributed by atoms with Crippen LogP contribution in [0.15, 0.2) is 24.3 Å². The van der Waals surface area contributed by atoms with Gasteiger partial charge in [-0.15, -0.1) is 0 Å². The van der Waals surface area contributed by atoms with Crippen molar-refractivity contribution in [3.8, 4) is 0 Å². The van der Waals surface area contributed by atoms with Crippen LogP contribution in [-0.2, 0) is 5.33 Å². The molecule has 0 unspecified atom stereocenters. The Morgan fingerprint density at radius 2 is 1.92 bits per heavy atom. The zero-order valence-corrected chi connectivity index (χ0v) is 8.04. The van der Waals surface area contributed by atoms with E-state index in [0.717, 1.165) is 10.9 Å². The summed E-state index contributed by atoms with van der Waals surface area (Å²) in [6, 6.07) is 7.15. The highest BCUT2D eigenvalue weighted by molar-refractivity contribution is 9.08. The van der Waals surface area contributed by atoms with Gasteiger partial charge in [-0.05, 0) is 5.56 Å². The number of benzene rings is 1. The van der Waals surface area contributed by atoms with Crippen LogP contribution in [0.1, 0.15) is 15.9 Å². The van der Waals surface area contributed by atoms with Crippen molar-refractivity contribution in [2.75, 3.05) is 6.61 Å². The Hall–Kier alpha value is -0.670. The van der Waals surface area contributed by atoms with Crippen LogP contribution < -0.4 is 0 Å². The summed E-state index contributed by atoms with van der Waals surface area (Å²) in [5, 5.41) is 9.33. The van der Waals surface area contributed by atoms with Gasteiger partial charge < -0.3 is 5.11 Å². The second-order valence-electron chi connectivity index (χ2n) is 2.41. The molecule has 0 saturated carbocycles. The van der Waals surface area contributed by atoms with Crippen LogP contribution in [0.5, 0.6) is 0 Å². The topological polar surface area (TPSA) is 37.3 Å². The van der Waals surface area contributed by atoms with Gasteiger partial charge in [0.15, 0.2) is 5.78 Å². The minimum atomic E-state index is -0.423. The van der Waals surface area contributed by atoms with Gasteiger partial charge in [0.25, 0.3) is 0 Å². The number of hydrogen-bond acceptors (Lipinski definition) is 2. The van der Waals surface area contributed by atoms with E-state index in [9.17, 15) is 4.79 Å². The number of ketones is 1. The normalized spacial score (nSPS) is 9.83. The van der Waals surface area contributed by atoms with Gasteiger partial charge in [0.05, 0.1) is 0 Å². The third-order valence-corrected chi connectivity index (χ3v) is 2.22. The molecule has 0 aliphatic rings. The number of carbonyl (C=O) groups is 1. The predicted molar refractivity (Wildman–Crippen MR) is 50.5 cm³/mol. The van der Waals surface area contributed by atoms with Gasteiger partial charge >= 0.3 is 0 Å². The highest BCUT2D eigenvalue weighted by Crippen LogP contribution is 2.07. The molecule has 0 amide bonds. The van der Waals surface area contributed by atoms with Crippen molar-refractivity contribution in [1.82, 2.24) is 0 Å². The molecule has 0 saturated heterocycles. The van der Waals surface area contributed by atoms with Gasteiger partial charge in [0.2, 0.25) is 0 Å². The lowest BCUT2D eigenvalue weighted by atomic mass is 10.1. The van der Waals surface area contributed by atoms with E-state index in [1.54, 1.807) is 12.1 Å². The van der Waals surface area contributed by atoms with Crippen LogP contribution in [0.3, 0.4) is 0 Å².